The second-order valence-electron chi connectivity index (χ2n) is 6.34. The minimum absolute atomic E-state index is 0.0329. The molecule has 0 saturated carbocycles. The van der Waals surface area contributed by atoms with Gasteiger partial charge in [0.05, 0.1) is 26.1 Å². The number of hydrogen-bond donors (Lipinski definition) is 2. The van der Waals surface area contributed by atoms with E-state index in [9.17, 15) is 18.4 Å². The Labute approximate surface area is 151 Å². The number of carbonyl (C=O) groups is 2. The number of carbonyl (C=O) groups excluding carboxylic acids is 2. The summed E-state index contributed by atoms with van der Waals surface area (Å²) in [5, 5.41) is 2.25. The maximum Gasteiger partial charge on any atom is 0.277 e. The van der Waals surface area contributed by atoms with Gasteiger partial charge < -0.3 is 20.7 Å². The van der Waals surface area contributed by atoms with Crippen LogP contribution in [0.4, 0.5) is 8.78 Å². The lowest BCUT2D eigenvalue weighted by Gasteiger charge is -2.31. The van der Waals surface area contributed by atoms with Gasteiger partial charge in [-0.2, -0.15) is 0 Å². The first-order chi connectivity index (χ1) is 12.4. The molecule has 1 aromatic rings. The number of halogens is 2. The summed E-state index contributed by atoms with van der Waals surface area (Å²) in [6, 6.07) is 9.24. The molecule has 0 spiro atoms. The molecule has 144 valence electrons. The number of likely N-dealkylation sites (tertiary alicyclic amines) is 1. The van der Waals surface area contributed by atoms with Crippen molar-refractivity contribution in [3.05, 3.63) is 30.3 Å². The van der Waals surface area contributed by atoms with Gasteiger partial charge in [0.1, 0.15) is 5.75 Å². The van der Waals surface area contributed by atoms with E-state index in [1.54, 1.807) is 4.90 Å². The number of ether oxygens (including phenoxy) is 1. The summed E-state index contributed by atoms with van der Waals surface area (Å²) >= 11 is 0. The van der Waals surface area contributed by atoms with Gasteiger partial charge in [-0.05, 0) is 25.0 Å². The SMILES string of the molecule is NCC(F)(F)CNC(=O)C1CCN(C(=O)CCOc2ccccc2)CC1. The largest absolute Gasteiger partial charge is 0.493 e. The van der Waals surface area contributed by atoms with Crippen LogP contribution < -0.4 is 15.8 Å². The van der Waals surface area contributed by atoms with Gasteiger partial charge >= 0.3 is 0 Å². The fourth-order valence-corrected chi connectivity index (χ4v) is 2.76. The monoisotopic (exact) mass is 369 g/mol. The Morgan fingerprint density at radius 2 is 1.88 bits per heavy atom. The molecule has 1 fully saturated rings. The van der Waals surface area contributed by atoms with Gasteiger partial charge in [0.25, 0.3) is 5.92 Å². The van der Waals surface area contributed by atoms with Crippen LogP contribution >= 0.6 is 0 Å². The smallest absolute Gasteiger partial charge is 0.277 e. The van der Waals surface area contributed by atoms with Crippen molar-refractivity contribution < 1.29 is 23.1 Å². The van der Waals surface area contributed by atoms with E-state index >= 15 is 0 Å². The fraction of sp³-hybridized carbons (Fsp3) is 0.556. The second kappa shape index (κ2) is 9.47. The third-order valence-corrected chi connectivity index (χ3v) is 4.37. The molecule has 0 atom stereocenters. The highest BCUT2D eigenvalue weighted by atomic mass is 19.3. The van der Waals surface area contributed by atoms with Crippen molar-refractivity contribution in [2.45, 2.75) is 25.2 Å². The number of benzene rings is 1. The van der Waals surface area contributed by atoms with Crippen LogP contribution in [0.25, 0.3) is 0 Å². The maximum absolute atomic E-state index is 13.1. The number of amides is 2. The first-order valence-corrected chi connectivity index (χ1v) is 8.72. The van der Waals surface area contributed by atoms with Gasteiger partial charge in [-0.15, -0.1) is 0 Å². The Balaban J connectivity index is 1.67. The van der Waals surface area contributed by atoms with Crippen LogP contribution in [0.3, 0.4) is 0 Å². The molecule has 26 heavy (non-hydrogen) atoms. The number of alkyl halides is 2. The summed E-state index contributed by atoms with van der Waals surface area (Å²) in [6.45, 7) is -0.383. The van der Waals surface area contributed by atoms with Crippen LogP contribution in [-0.4, -0.2) is 55.4 Å². The van der Waals surface area contributed by atoms with Crippen LogP contribution in [0.5, 0.6) is 5.75 Å². The van der Waals surface area contributed by atoms with Crippen molar-refractivity contribution in [1.82, 2.24) is 10.2 Å². The predicted molar refractivity (Wildman–Crippen MR) is 92.9 cm³/mol. The molecule has 0 unspecified atom stereocenters. The average molecular weight is 369 g/mol. The number of para-hydroxylation sites is 1. The Bertz CT molecular complexity index is 591. The second-order valence-corrected chi connectivity index (χ2v) is 6.34. The van der Waals surface area contributed by atoms with Crippen molar-refractivity contribution in [1.29, 1.82) is 0 Å². The molecule has 0 bridgehead atoms. The molecule has 3 N–H and O–H groups in total. The number of nitrogens with zero attached hydrogens (tertiary/aromatic N) is 1. The molecule has 0 aliphatic carbocycles. The van der Waals surface area contributed by atoms with Crippen molar-refractivity contribution in [3.8, 4) is 5.75 Å². The summed E-state index contributed by atoms with van der Waals surface area (Å²) in [7, 11) is 0. The Morgan fingerprint density at radius 3 is 2.50 bits per heavy atom. The lowest BCUT2D eigenvalue weighted by atomic mass is 9.95. The van der Waals surface area contributed by atoms with Crippen molar-refractivity contribution in [2.24, 2.45) is 11.7 Å². The Hall–Kier alpha value is -2.22. The summed E-state index contributed by atoms with van der Waals surface area (Å²) in [6.07, 6.45) is 1.19. The number of piperidine rings is 1. The lowest BCUT2D eigenvalue weighted by Crippen LogP contribution is -2.47. The zero-order valence-corrected chi connectivity index (χ0v) is 14.6. The van der Waals surface area contributed by atoms with E-state index < -0.39 is 24.9 Å². The highest BCUT2D eigenvalue weighted by molar-refractivity contribution is 5.80. The molecule has 0 radical (unpaired) electrons. The predicted octanol–water partition coefficient (Wildman–Crippen LogP) is 1.40. The molecule has 1 aliphatic rings. The summed E-state index contributed by atoms with van der Waals surface area (Å²) in [5.41, 5.74) is 4.94. The molecule has 1 heterocycles. The first kappa shape index (κ1) is 20.1. The molecule has 1 aliphatic heterocycles. The number of hydrogen-bond acceptors (Lipinski definition) is 4. The van der Waals surface area contributed by atoms with Gasteiger partial charge in [0, 0.05) is 19.0 Å². The zero-order chi connectivity index (χ0) is 19.0. The number of nitrogens with two attached hydrogens (primary N) is 1. The van der Waals surface area contributed by atoms with Crippen molar-refractivity contribution in [3.63, 3.8) is 0 Å². The van der Waals surface area contributed by atoms with Crippen LogP contribution in [0.1, 0.15) is 19.3 Å². The molecule has 1 saturated heterocycles. The lowest BCUT2D eigenvalue weighted by molar-refractivity contribution is -0.136. The molecule has 0 aromatic heterocycles. The van der Waals surface area contributed by atoms with E-state index in [0.29, 0.717) is 31.7 Å². The molecule has 2 rings (SSSR count). The van der Waals surface area contributed by atoms with Gasteiger partial charge in [-0.1, -0.05) is 18.2 Å². The van der Waals surface area contributed by atoms with E-state index in [1.807, 2.05) is 30.3 Å². The van der Waals surface area contributed by atoms with E-state index in [1.165, 1.54) is 0 Å². The van der Waals surface area contributed by atoms with Crippen LogP contribution in [0.2, 0.25) is 0 Å². The van der Waals surface area contributed by atoms with Gasteiger partial charge in [-0.25, -0.2) is 8.78 Å². The van der Waals surface area contributed by atoms with Crippen LogP contribution in [0, 0.1) is 5.92 Å². The Morgan fingerprint density at radius 1 is 1.23 bits per heavy atom. The van der Waals surface area contributed by atoms with E-state index in [4.69, 9.17) is 10.5 Å². The average Bonchev–Trinajstić information content (AvgIpc) is 2.67. The number of nitrogens with one attached hydrogen (secondary N) is 1. The molecule has 1 aromatic carbocycles. The Kier molecular flexibility index (Phi) is 7.32. The summed E-state index contributed by atoms with van der Waals surface area (Å²) in [5.74, 6) is -3.17. The highest BCUT2D eigenvalue weighted by Crippen LogP contribution is 2.19. The van der Waals surface area contributed by atoms with Crippen molar-refractivity contribution in [2.75, 3.05) is 32.8 Å². The van der Waals surface area contributed by atoms with Crippen LogP contribution in [-0.2, 0) is 9.59 Å². The molecular weight excluding hydrogens is 344 g/mol. The van der Waals surface area contributed by atoms with Gasteiger partial charge in [-0.3, -0.25) is 9.59 Å². The van der Waals surface area contributed by atoms with E-state index in [-0.39, 0.29) is 24.9 Å². The molecule has 8 heteroatoms. The van der Waals surface area contributed by atoms with E-state index in [0.717, 1.165) is 0 Å². The summed E-state index contributed by atoms with van der Waals surface area (Å²) < 4.78 is 31.7. The first-order valence-electron chi connectivity index (χ1n) is 8.72. The minimum atomic E-state index is -3.09. The third kappa shape index (κ3) is 6.25. The maximum atomic E-state index is 13.1. The van der Waals surface area contributed by atoms with Gasteiger partial charge in [0.15, 0.2) is 0 Å². The third-order valence-electron chi connectivity index (χ3n) is 4.37. The normalized spacial score (nSPS) is 15.6. The standard InChI is InChI=1S/C18H25F2N3O3/c19-18(20,12-21)13-22-17(25)14-6-9-23(10-7-14)16(24)8-11-26-15-4-2-1-3-5-15/h1-5,14H,6-13,21H2,(H,22,25). The van der Waals surface area contributed by atoms with E-state index in [2.05, 4.69) is 5.32 Å². The van der Waals surface area contributed by atoms with Crippen molar-refractivity contribution >= 4 is 11.8 Å². The quantitative estimate of drug-likeness (QED) is 0.726. The number of rotatable bonds is 8. The molecule has 2 amide bonds. The molecular formula is C18H25F2N3O3. The fourth-order valence-electron chi connectivity index (χ4n) is 2.76. The van der Waals surface area contributed by atoms with Crippen LogP contribution in [0.15, 0.2) is 30.3 Å². The van der Waals surface area contributed by atoms with Gasteiger partial charge in [0.2, 0.25) is 11.8 Å². The molecule has 6 nitrogen and oxygen atoms in total. The topological polar surface area (TPSA) is 84.7 Å². The highest BCUT2D eigenvalue weighted by Gasteiger charge is 2.31. The zero-order valence-electron chi connectivity index (χ0n) is 14.6. The minimum Gasteiger partial charge on any atom is -0.493 e. The summed E-state index contributed by atoms with van der Waals surface area (Å²) in [4.78, 5) is 25.8.